The molecule has 1 aliphatic rings. The Morgan fingerprint density at radius 1 is 1.19 bits per heavy atom. The number of aliphatic imine (C=N–C) groups is 1. The number of benzene rings is 1. The zero-order chi connectivity index (χ0) is 22.6. The van der Waals surface area contributed by atoms with Crippen LogP contribution < -0.4 is 10.6 Å². The average molecular weight is 576 g/mol. The molecule has 1 aromatic carbocycles. The molecule has 1 atom stereocenters. The number of guanidine groups is 1. The van der Waals surface area contributed by atoms with Crippen LogP contribution in [0.5, 0.6) is 0 Å². The molecule has 1 aromatic rings. The summed E-state index contributed by atoms with van der Waals surface area (Å²) < 4.78 is 62.7. The molecule has 2 N–H and O–H groups in total. The lowest BCUT2D eigenvalue weighted by molar-refractivity contribution is -0.143. The fourth-order valence-corrected chi connectivity index (χ4v) is 4.48. The number of alkyl halides is 3. The largest absolute Gasteiger partial charge is 0.401 e. The Morgan fingerprint density at radius 3 is 2.32 bits per heavy atom. The van der Waals surface area contributed by atoms with Crippen molar-refractivity contribution in [3.8, 4) is 0 Å². The quantitative estimate of drug-likeness (QED) is 0.310. The zero-order valence-electron chi connectivity index (χ0n) is 18.3. The van der Waals surface area contributed by atoms with Gasteiger partial charge in [0.2, 0.25) is 0 Å². The maximum Gasteiger partial charge on any atom is 0.401 e. The summed E-state index contributed by atoms with van der Waals surface area (Å²) in [5, 5.41) is 6.01. The first-order valence-corrected chi connectivity index (χ1v) is 11.5. The highest BCUT2D eigenvalue weighted by Crippen LogP contribution is 2.24. The summed E-state index contributed by atoms with van der Waals surface area (Å²) in [6, 6.07) is 6.73. The molecule has 11 heteroatoms. The van der Waals surface area contributed by atoms with Crippen LogP contribution in [0.3, 0.4) is 0 Å². The van der Waals surface area contributed by atoms with Crippen LogP contribution in [0.2, 0.25) is 0 Å². The smallest absolute Gasteiger partial charge is 0.355 e. The molecule has 0 aromatic heterocycles. The third-order valence-corrected chi connectivity index (χ3v) is 6.71. The van der Waals surface area contributed by atoms with Crippen molar-refractivity contribution in [3.63, 3.8) is 0 Å². The highest BCUT2D eigenvalue weighted by atomic mass is 127. The van der Waals surface area contributed by atoms with Crippen LogP contribution in [0.4, 0.5) is 13.2 Å². The highest BCUT2D eigenvalue weighted by molar-refractivity contribution is 14.0. The van der Waals surface area contributed by atoms with Crippen molar-refractivity contribution in [3.05, 3.63) is 29.8 Å². The third-order valence-electron chi connectivity index (χ3n) is 4.98. The normalized spacial score (nSPS) is 18.5. The second-order valence-electron chi connectivity index (χ2n) is 8.57. The molecule has 2 rings (SSSR count). The first-order chi connectivity index (χ1) is 13.8. The van der Waals surface area contributed by atoms with Gasteiger partial charge in [0.05, 0.1) is 17.2 Å². The molecule has 0 saturated carbocycles. The molecular weight excluding hydrogens is 544 g/mol. The van der Waals surface area contributed by atoms with Crippen LogP contribution >= 0.6 is 24.0 Å². The van der Waals surface area contributed by atoms with Crippen LogP contribution in [0.1, 0.15) is 32.8 Å². The van der Waals surface area contributed by atoms with Gasteiger partial charge in [-0.25, -0.2) is 8.42 Å². The van der Waals surface area contributed by atoms with Crippen LogP contribution in [-0.2, 0) is 15.3 Å². The SMILES string of the molecule is CN=C(NCCS(=O)(=O)c1ccc(C(C)(C)C)cc1)NC1CCN(CC(F)(F)F)C1.I. The molecule has 31 heavy (non-hydrogen) atoms. The van der Waals surface area contributed by atoms with Gasteiger partial charge in [0.15, 0.2) is 15.8 Å². The summed E-state index contributed by atoms with van der Waals surface area (Å²) in [6.45, 7) is 6.01. The van der Waals surface area contributed by atoms with Gasteiger partial charge in [-0.15, -0.1) is 24.0 Å². The van der Waals surface area contributed by atoms with Gasteiger partial charge in [-0.1, -0.05) is 32.9 Å². The first kappa shape index (κ1) is 28.0. The molecule has 0 radical (unpaired) electrons. The van der Waals surface area contributed by atoms with Gasteiger partial charge < -0.3 is 10.6 Å². The van der Waals surface area contributed by atoms with E-state index in [1.807, 2.05) is 12.1 Å². The Balaban J connectivity index is 0.00000480. The van der Waals surface area contributed by atoms with Gasteiger partial charge in [-0.3, -0.25) is 9.89 Å². The molecule has 1 unspecified atom stereocenters. The fraction of sp³-hybridized carbons (Fsp3) is 0.650. The van der Waals surface area contributed by atoms with E-state index in [1.54, 1.807) is 12.1 Å². The number of likely N-dealkylation sites (tertiary alicyclic amines) is 1. The van der Waals surface area contributed by atoms with E-state index in [9.17, 15) is 21.6 Å². The lowest BCUT2D eigenvalue weighted by Gasteiger charge is -2.20. The number of hydrogen-bond acceptors (Lipinski definition) is 4. The second-order valence-corrected chi connectivity index (χ2v) is 10.7. The number of halogens is 4. The number of nitrogens with zero attached hydrogens (tertiary/aromatic N) is 2. The maximum absolute atomic E-state index is 12.6. The number of rotatable bonds is 6. The minimum atomic E-state index is -4.21. The van der Waals surface area contributed by atoms with Crippen molar-refractivity contribution in [1.82, 2.24) is 15.5 Å². The molecule has 1 heterocycles. The Kier molecular flexibility index (Phi) is 10.1. The molecule has 6 nitrogen and oxygen atoms in total. The summed E-state index contributed by atoms with van der Waals surface area (Å²) in [5.74, 6) is 0.264. The zero-order valence-corrected chi connectivity index (χ0v) is 21.4. The first-order valence-electron chi connectivity index (χ1n) is 9.90. The molecular formula is C20H32F3IN4O2S. The van der Waals surface area contributed by atoms with Crippen molar-refractivity contribution in [2.24, 2.45) is 4.99 Å². The predicted molar refractivity (Wildman–Crippen MR) is 128 cm³/mol. The lowest BCUT2D eigenvalue weighted by atomic mass is 9.87. The van der Waals surface area contributed by atoms with E-state index >= 15 is 0 Å². The third kappa shape index (κ3) is 9.13. The fourth-order valence-electron chi connectivity index (χ4n) is 3.32. The predicted octanol–water partition coefficient (Wildman–Crippen LogP) is 3.18. The van der Waals surface area contributed by atoms with Gasteiger partial charge in [-0.05, 0) is 29.5 Å². The number of nitrogens with one attached hydrogen (secondary N) is 2. The van der Waals surface area contributed by atoms with E-state index in [1.165, 1.54) is 11.9 Å². The van der Waals surface area contributed by atoms with Crippen molar-refractivity contribution in [1.29, 1.82) is 0 Å². The number of hydrogen-bond donors (Lipinski definition) is 2. The lowest BCUT2D eigenvalue weighted by Crippen LogP contribution is -2.46. The second kappa shape index (κ2) is 11.2. The Bertz CT molecular complexity index is 837. The summed E-state index contributed by atoms with van der Waals surface area (Å²) in [7, 11) is -1.92. The minimum Gasteiger partial charge on any atom is -0.355 e. The van der Waals surface area contributed by atoms with Crippen LogP contribution in [0.15, 0.2) is 34.2 Å². The standard InChI is InChI=1S/C20H31F3N4O2S.HI/c1-19(2,3)15-5-7-17(8-6-15)30(28,29)12-10-25-18(24-4)26-16-9-11-27(13-16)14-20(21,22)23;/h5-8,16H,9-14H2,1-4H3,(H2,24,25,26);1H. The van der Waals surface area contributed by atoms with E-state index in [2.05, 4.69) is 36.4 Å². The summed E-state index contributed by atoms with van der Waals surface area (Å²) in [6.07, 6.45) is -3.65. The Labute approximate surface area is 200 Å². The van der Waals surface area contributed by atoms with E-state index in [4.69, 9.17) is 0 Å². The van der Waals surface area contributed by atoms with Crippen molar-refractivity contribution in [2.75, 3.05) is 39.0 Å². The van der Waals surface area contributed by atoms with E-state index in [0.29, 0.717) is 18.9 Å². The van der Waals surface area contributed by atoms with Crippen LogP contribution in [0.25, 0.3) is 0 Å². The molecule has 0 amide bonds. The van der Waals surface area contributed by atoms with Gasteiger partial charge in [0.1, 0.15) is 0 Å². The van der Waals surface area contributed by atoms with E-state index < -0.39 is 22.6 Å². The van der Waals surface area contributed by atoms with Gasteiger partial charge in [0, 0.05) is 32.7 Å². The molecule has 0 spiro atoms. The summed E-state index contributed by atoms with van der Waals surface area (Å²) in [4.78, 5) is 5.65. The van der Waals surface area contributed by atoms with Crippen molar-refractivity contribution < 1.29 is 21.6 Å². The van der Waals surface area contributed by atoms with E-state index in [-0.39, 0.29) is 59.2 Å². The monoisotopic (exact) mass is 576 g/mol. The van der Waals surface area contributed by atoms with E-state index in [0.717, 1.165) is 5.56 Å². The highest BCUT2D eigenvalue weighted by Gasteiger charge is 2.34. The molecule has 1 fully saturated rings. The van der Waals surface area contributed by atoms with Crippen LogP contribution in [0, 0.1) is 0 Å². The van der Waals surface area contributed by atoms with Gasteiger partial charge >= 0.3 is 6.18 Å². The molecule has 178 valence electrons. The summed E-state index contributed by atoms with van der Waals surface area (Å²) >= 11 is 0. The van der Waals surface area contributed by atoms with Crippen molar-refractivity contribution in [2.45, 2.75) is 49.7 Å². The minimum absolute atomic E-state index is 0. The topological polar surface area (TPSA) is 73.8 Å². The molecule has 0 bridgehead atoms. The molecule has 1 saturated heterocycles. The Morgan fingerprint density at radius 2 is 1.81 bits per heavy atom. The van der Waals surface area contributed by atoms with Gasteiger partial charge in [-0.2, -0.15) is 13.2 Å². The maximum atomic E-state index is 12.6. The van der Waals surface area contributed by atoms with Crippen molar-refractivity contribution >= 4 is 39.8 Å². The molecule has 0 aliphatic carbocycles. The molecule has 1 aliphatic heterocycles. The van der Waals surface area contributed by atoms with Gasteiger partial charge in [0.25, 0.3) is 0 Å². The average Bonchev–Trinajstić information content (AvgIpc) is 3.05. The number of sulfone groups is 1. The summed E-state index contributed by atoms with van der Waals surface area (Å²) in [5.41, 5.74) is 0.998. The Hall–Kier alpha value is -1.08. The van der Waals surface area contributed by atoms with Crippen LogP contribution in [-0.4, -0.2) is 70.5 Å².